The fourth-order valence-electron chi connectivity index (χ4n) is 4.95. The zero-order chi connectivity index (χ0) is 29.6. The Balaban J connectivity index is 1.70. The Morgan fingerprint density at radius 1 is 1.02 bits per heavy atom. The first-order chi connectivity index (χ1) is 19.6. The molecule has 218 valence electrons. The first-order valence-electron chi connectivity index (χ1n) is 13.7. The summed E-state index contributed by atoms with van der Waals surface area (Å²) < 4.78 is 48.8. The lowest BCUT2D eigenvalue weighted by molar-refractivity contribution is -0.139. The maximum Gasteiger partial charge on any atom is 0.264 e. The second kappa shape index (κ2) is 13.2. The predicted octanol–water partition coefficient (Wildman–Crippen LogP) is 4.81. The van der Waals surface area contributed by atoms with Crippen LogP contribution in [0.3, 0.4) is 0 Å². The van der Waals surface area contributed by atoms with Gasteiger partial charge < -0.3 is 15.0 Å². The van der Waals surface area contributed by atoms with Crippen molar-refractivity contribution in [2.24, 2.45) is 0 Å². The summed E-state index contributed by atoms with van der Waals surface area (Å²) in [5, 5.41) is 3.03. The van der Waals surface area contributed by atoms with Crippen LogP contribution < -0.4 is 14.4 Å². The van der Waals surface area contributed by atoms with Gasteiger partial charge in [0.25, 0.3) is 10.0 Å². The number of amides is 2. The topological polar surface area (TPSA) is 96.0 Å². The molecule has 0 aliphatic heterocycles. The zero-order valence-electron chi connectivity index (χ0n) is 23.5. The van der Waals surface area contributed by atoms with Crippen LogP contribution in [-0.4, -0.2) is 50.9 Å². The minimum Gasteiger partial charge on any atom is -0.497 e. The van der Waals surface area contributed by atoms with Crippen LogP contribution in [0.25, 0.3) is 0 Å². The van der Waals surface area contributed by atoms with Crippen molar-refractivity contribution in [3.63, 3.8) is 0 Å². The van der Waals surface area contributed by atoms with E-state index in [4.69, 9.17) is 4.74 Å². The molecule has 1 saturated carbocycles. The summed E-state index contributed by atoms with van der Waals surface area (Å²) >= 11 is 0. The minimum atomic E-state index is -4.34. The van der Waals surface area contributed by atoms with Crippen molar-refractivity contribution in [1.82, 2.24) is 10.2 Å². The first-order valence-corrected chi connectivity index (χ1v) is 15.1. The Morgan fingerprint density at radius 3 is 2.37 bits per heavy atom. The maximum absolute atomic E-state index is 15.0. The number of halogens is 1. The van der Waals surface area contributed by atoms with Crippen molar-refractivity contribution < 1.29 is 27.1 Å². The molecule has 10 heteroatoms. The van der Waals surface area contributed by atoms with E-state index in [1.807, 2.05) is 6.92 Å². The highest BCUT2D eigenvalue weighted by Gasteiger charge is 2.34. The molecule has 0 radical (unpaired) electrons. The van der Waals surface area contributed by atoms with Gasteiger partial charge in [0.1, 0.15) is 24.2 Å². The number of para-hydroxylation sites is 1. The Hall–Kier alpha value is -3.92. The third kappa shape index (κ3) is 7.24. The van der Waals surface area contributed by atoms with Crippen molar-refractivity contribution >= 4 is 27.5 Å². The van der Waals surface area contributed by atoms with Crippen LogP contribution in [0.4, 0.5) is 10.1 Å². The predicted molar refractivity (Wildman–Crippen MR) is 156 cm³/mol. The van der Waals surface area contributed by atoms with E-state index in [0.717, 1.165) is 41.6 Å². The number of nitrogens with one attached hydrogen (secondary N) is 1. The Morgan fingerprint density at radius 2 is 1.71 bits per heavy atom. The van der Waals surface area contributed by atoms with Gasteiger partial charge in [0.05, 0.1) is 17.7 Å². The second-order valence-electron chi connectivity index (χ2n) is 10.3. The molecule has 4 rings (SSSR count). The van der Waals surface area contributed by atoms with Gasteiger partial charge in [-0.3, -0.25) is 13.9 Å². The van der Waals surface area contributed by atoms with Crippen molar-refractivity contribution in [3.8, 4) is 5.75 Å². The van der Waals surface area contributed by atoms with E-state index < -0.39 is 34.3 Å². The molecule has 41 heavy (non-hydrogen) atoms. The van der Waals surface area contributed by atoms with E-state index in [1.165, 1.54) is 42.3 Å². The normalized spacial score (nSPS) is 14.3. The van der Waals surface area contributed by atoms with E-state index in [9.17, 15) is 18.0 Å². The molecule has 0 saturated heterocycles. The van der Waals surface area contributed by atoms with Crippen LogP contribution in [-0.2, 0) is 26.2 Å². The lowest BCUT2D eigenvalue weighted by atomic mass is 10.1. The van der Waals surface area contributed by atoms with Gasteiger partial charge in [-0.05, 0) is 68.7 Å². The molecule has 1 atom stereocenters. The van der Waals surface area contributed by atoms with Crippen LogP contribution in [0.5, 0.6) is 5.75 Å². The third-order valence-electron chi connectivity index (χ3n) is 7.36. The van der Waals surface area contributed by atoms with Crippen molar-refractivity contribution in [2.45, 2.75) is 63.1 Å². The largest absolute Gasteiger partial charge is 0.497 e. The van der Waals surface area contributed by atoms with Gasteiger partial charge in [-0.1, -0.05) is 54.8 Å². The fourth-order valence-corrected chi connectivity index (χ4v) is 6.37. The first kappa shape index (κ1) is 30.0. The van der Waals surface area contributed by atoms with E-state index in [1.54, 1.807) is 43.3 Å². The summed E-state index contributed by atoms with van der Waals surface area (Å²) in [6.45, 7) is 2.75. The quantitative estimate of drug-likeness (QED) is 0.351. The molecule has 1 aliphatic rings. The molecule has 3 aromatic carbocycles. The summed E-state index contributed by atoms with van der Waals surface area (Å²) in [7, 11) is -2.82. The number of aryl methyl sites for hydroxylation is 1. The summed E-state index contributed by atoms with van der Waals surface area (Å²) in [6, 6.07) is 17.7. The molecule has 8 nitrogen and oxygen atoms in total. The smallest absolute Gasteiger partial charge is 0.264 e. The van der Waals surface area contributed by atoms with Gasteiger partial charge in [0.15, 0.2) is 0 Å². The van der Waals surface area contributed by atoms with Crippen LogP contribution in [0.2, 0.25) is 0 Å². The molecule has 0 unspecified atom stereocenters. The van der Waals surface area contributed by atoms with Crippen molar-refractivity contribution in [2.75, 3.05) is 18.0 Å². The average molecular weight is 582 g/mol. The number of hydrogen-bond acceptors (Lipinski definition) is 5. The Kier molecular flexibility index (Phi) is 9.65. The number of methoxy groups -OCH3 is 1. The summed E-state index contributed by atoms with van der Waals surface area (Å²) in [4.78, 5) is 28.5. The zero-order valence-corrected chi connectivity index (χ0v) is 24.4. The van der Waals surface area contributed by atoms with Crippen molar-refractivity contribution in [3.05, 3.63) is 89.7 Å². The highest BCUT2D eigenvalue weighted by atomic mass is 32.2. The van der Waals surface area contributed by atoms with Gasteiger partial charge in [0.2, 0.25) is 11.8 Å². The number of carbonyl (C=O) groups is 2. The number of hydrogen-bond donors (Lipinski definition) is 1. The maximum atomic E-state index is 15.0. The van der Waals surface area contributed by atoms with E-state index in [2.05, 4.69) is 5.32 Å². The number of rotatable bonds is 11. The van der Waals surface area contributed by atoms with E-state index >= 15 is 4.39 Å². The molecule has 1 aliphatic carbocycles. The Labute approximate surface area is 241 Å². The summed E-state index contributed by atoms with van der Waals surface area (Å²) in [6.07, 6.45) is 3.80. The molecule has 2 amide bonds. The van der Waals surface area contributed by atoms with Crippen LogP contribution in [0.15, 0.2) is 77.7 Å². The van der Waals surface area contributed by atoms with Gasteiger partial charge in [-0.15, -0.1) is 0 Å². The average Bonchev–Trinajstić information content (AvgIpc) is 3.48. The molecular formula is C31H36FN3O5S. The highest BCUT2D eigenvalue weighted by molar-refractivity contribution is 7.92. The summed E-state index contributed by atoms with van der Waals surface area (Å²) in [5.41, 5.74) is 1.28. The third-order valence-corrected chi connectivity index (χ3v) is 9.14. The van der Waals surface area contributed by atoms with Gasteiger partial charge >= 0.3 is 0 Å². The number of benzene rings is 3. The lowest BCUT2D eigenvalue weighted by Gasteiger charge is -2.32. The molecule has 3 aromatic rings. The molecule has 0 heterocycles. The molecule has 1 N–H and O–H groups in total. The van der Waals surface area contributed by atoms with Gasteiger partial charge in [0, 0.05) is 12.6 Å². The number of carbonyl (C=O) groups excluding carboxylic acids is 2. The van der Waals surface area contributed by atoms with Crippen LogP contribution >= 0.6 is 0 Å². The van der Waals surface area contributed by atoms with Gasteiger partial charge in [-0.2, -0.15) is 0 Å². The molecule has 0 spiro atoms. The number of nitrogens with zero attached hydrogens (tertiary/aromatic N) is 2. The van der Waals surface area contributed by atoms with Gasteiger partial charge in [-0.25, -0.2) is 12.8 Å². The van der Waals surface area contributed by atoms with Crippen LogP contribution in [0, 0.1) is 12.7 Å². The van der Waals surface area contributed by atoms with Crippen molar-refractivity contribution in [1.29, 1.82) is 0 Å². The minimum absolute atomic E-state index is 0.0188. The fraction of sp³-hybridized carbons (Fsp3) is 0.355. The Bertz CT molecular complexity index is 1470. The SMILES string of the molecule is COc1cccc(CN(C(=O)CN(c2ccccc2F)S(=O)(=O)c2ccc(C)cc2)[C@H](C)C(=O)NC2CCCC2)c1. The molecule has 1 fully saturated rings. The monoisotopic (exact) mass is 581 g/mol. The molecule has 0 aromatic heterocycles. The van der Waals surface area contributed by atoms with Crippen LogP contribution in [0.1, 0.15) is 43.7 Å². The lowest BCUT2D eigenvalue weighted by Crippen LogP contribution is -2.52. The standard InChI is InChI=1S/C31H36FN3O5S/c1-22-15-17-27(18-16-22)41(38,39)35(29-14-7-6-13-28(29)32)21-30(36)34(20-24-9-8-12-26(19-24)40-3)23(2)31(37)33-25-10-4-5-11-25/h6-9,12-19,23,25H,4-5,10-11,20-21H2,1-3H3,(H,33,37)/t23-/m1/s1. The second-order valence-corrected chi connectivity index (χ2v) is 12.2. The molecule has 0 bridgehead atoms. The highest BCUT2D eigenvalue weighted by Crippen LogP contribution is 2.27. The molecular weight excluding hydrogens is 545 g/mol. The number of sulfonamides is 1. The number of ether oxygens (including phenoxy) is 1. The van der Waals surface area contributed by atoms with E-state index in [-0.39, 0.29) is 29.1 Å². The summed E-state index contributed by atoms with van der Waals surface area (Å²) in [5.74, 6) is -1.19. The van der Waals surface area contributed by atoms with E-state index in [0.29, 0.717) is 11.3 Å². The number of anilines is 1.